The molecule has 0 heterocycles. The molecule has 0 spiro atoms. The summed E-state index contributed by atoms with van der Waals surface area (Å²) in [4.78, 5) is 0.285. The van der Waals surface area contributed by atoms with E-state index in [1.54, 1.807) is 36.4 Å². The van der Waals surface area contributed by atoms with Crippen molar-refractivity contribution in [3.05, 3.63) is 59.9 Å². The van der Waals surface area contributed by atoms with E-state index < -0.39 is 9.84 Å². The molecule has 2 rings (SSSR count). The van der Waals surface area contributed by atoms with Crippen LogP contribution in [0.2, 0.25) is 0 Å². The van der Waals surface area contributed by atoms with Crippen LogP contribution in [0.4, 0.5) is 10.1 Å². The highest BCUT2D eigenvalue weighted by atomic mass is 32.2. The van der Waals surface area contributed by atoms with Gasteiger partial charge in [-0.2, -0.15) is 0 Å². The number of hydrogen-bond donors (Lipinski definition) is 2. The zero-order valence-electron chi connectivity index (χ0n) is 13.4. The van der Waals surface area contributed by atoms with Crippen molar-refractivity contribution < 1.29 is 12.8 Å². The Kier molecular flexibility index (Phi) is 5.90. The summed E-state index contributed by atoms with van der Waals surface area (Å²) in [6.07, 6.45) is 1.95. The molecule has 1 atom stereocenters. The minimum atomic E-state index is -3.21. The maximum atomic E-state index is 12.9. The van der Waals surface area contributed by atoms with Crippen molar-refractivity contribution in [2.45, 2.75) is 24.3 Å². The predicted octanol–water partition coefficient (Wildman–Crippen LogP) is 3.67. The average Bonchev–Trinajstić information content (AvgIpc) is 2.54. The summed E-state index contributed by atoms with van der Waals surface area (Å²) >= 11 is 5.28. The number of benzene rings is 2. The van der Waals surface area contributed by atoms with Crippen molar-refractivity contribution in [1.82, 2.24) is 5.32 Å². The van der Waals surface area contributed by atoms with Crippen molar-refractivity contribution in [3.8, 4) is 0 Å². The molecule has 2 aromatic rings. The lowest BCUT2D eigenvalue weighted by Crippen LogP contribution is -2.32. The van der Waals surface area contributed by atoms with Gasteiger partial charge < -0.3 is 10.6 Å². The zero-order chi connectivity index (χ0) is 17.7. The van der Waals surface area contributed by atoms with Crippen molar-refractivity contribution in [2.75, 3.05) is 11.6 Å². The van der Waals surface area contributed by atoms with E-state index in [4.69, 9.17) is 12.2 Å². The van der Waals surface area contributed by atoms with Gasteiger partial charge in [-0.3, -0.25) is 0 Å². The van der Waals surface area contributed by atoms with E-state index in [-0.39, 0.29) is 16.8 Å². The summed E-state index contributed by atoms with van der Waals surface area (Å²) < 4.78 is 35.9. The van der Waals surface area contributed by atoms with Crippen LogP contribution >= 0.6 is 12.2 Å². The van der Waals surface area contributed by atoms with Crippen LogP contribution in [0, 0.1) is 5.82 Å². The summed E-state index contributed by atoms with van der Waals surface area (Å²) in [6.45, 7) is 2.00. The van der Waals surface area contributed by atoms with Crippen LogP contribution in [-0.2, 0) is 9.84 Å². The molecule has 128 valence electrons. The Balaban J connectivity index is 2.05. The van der Waals surface area contributed by atoms with E-state index >= 15 is 0 Å². The van der Waals surface area contributed by atoms with Gasteiger partial charge in [-0.15, -0.1) is 0 Å². The first kappa shape index (κ1) is 18.4. The molecule has 4 nitrogen and oxygen atoms in total. The third-order valence-corrected chi connectivity index (χ3v) is 4.87. The Morgan fingerprint density at radius 3 is 2.21 bits per heavy atom. The average molecular weight is 366 g/mol. The third kappa shape index (κ3) is 5.01. The first-order valence-corrected chi connectivity index (χ1v) is 9.72. The summed E-state index contributed by atoms with van der Waals surface area (Å²) in [7, 11) is -3.21. The largest absolute Gasteiger partial charge is 0.356 e. The van der Waals surface area contributed by atoms with Crippen LogP contribution in [0.1, 0.15) is 24.9 Å². The van der Waals surface area contributed by atoms with Crippen LogP contribution in [0.5, 0.6) is 0 Å². The lowest BCUT2D eigenvalue weighted by atomic mass is 10.1. The van der Waals surface area contributed by atoms with Gasteiger partial charge in [-0.25, -0.2) is 12.8 Å². The Bertz CT molecular complexity index is 803. The lowest BCUT2D eigenvalue weighted by Gasteiger charge is -2.20. The molecule has 0 bridgehead atoms. The third-order valence-electron chi connectivity index (χ3n) is 3.53. The summed E-state index contributed by atoms with van der Waals surface area (Å²) in [5, 5.41) is 6.60. The Hall–Kier alpha value is -1.99. The van der Waals surface area contributed by atoms with Crippen molar-refractivity contribution in [2.24, 2.45) is 0 Å². The molecule has 0 saturated heterocycles. The van der Waals surface area contributed by atoms with Crippen LogP contribution in [0.3, 0.4) is 0 Å². The highest BCUT2D eigenvalue weighted by Gasteiger charge is 2.13. The normalized spacial score (nSPS) is 12.5. The summed E-state index contributed by atoms with van der Waals surface area (Å²) in [5.74, 6) is -0.308. The van der Waals surface area contributed by atoms with Crippen molar-refractivity contribution >= 4 is 32.9 Å². The first-order valence-electron chi connectivity index (χ1n) is 7.42. The van der Waals surface area contributed by atoms with Crippen molar-refractivity contribution in [1.29, 1.82) is 0 Å². The van der Waals surface area contributed by atoms with Crippen LogP contribution in [0.25, 0.3) is 0 Å². The highest BCUT2D eigenvalue weighted by molar-refractivity contribution is 7.90. The van der Waals surface area contributed by atoms with Crippen LogP contribution < -0.4 is 10.6 Å². The maximum absolute atomic E-state index is 12.9. The predicted molar refractivity (Wildman–Crippen MR) is 98.3 cm³/mol. The number of thiocarbonyl (C=S) groups is 1. The molecule has 0 aromatic heterocycles. The molecule has 0 fully saturated rings. The van der Waals surface area contributed by atoms with Crippen LogP contribution in [-0.4, -0.2) is 19.8 Å². The topological polar surface area (TPSA) is 58.2 Å². The van der Waals surface area contributed by atoms with Gasteiger partial charge in [0.15, 0.2) is 14.9 Å². The molecular formula is C17H19FN2O2S2. The van der Waals surface area contributed by atoms with E-state index in [0.717, 1.165) is 12.0 Å². The quantitative estimate of drug-likeness (QED) is 0.791. The number of hydrogen-bond acceptors (Lipinski definition) is 3. The second-order valence-electron chi connectivity index (χ2n) is 5.41. The molecule has 24 heavy (non-hydrogen) atoms. The number of nitrogens with one attached hydrogen (secondary N) is 2. The zero-order valence-corrected chi connectivity index (χ0v) is 15.0. The minimum absolute atomic E-state index is 0.0564. The molecule has 2 aromatic carbocycles. The SMILES string of the molecule is CC[C@@H](NC(=S)Nc1ccc(F)cc1)c1ccc(S(C)(=O)=O)cc1. The molecule has 0 aliphatic heterocycles. The monoisotopic (exact) mass is 366 g/mol. The lowest BCUT2D eigenvalue weighted by molar-refractivity contribution is 0.601. The minimum Gasteiger partial charge on any atom is -0.356 e. The standard InChI is InChI=1S/C17H19FN2O2S2/c1-3-16(12-4-10-15(11-5-12)24(2,21)22)20-17(23)19-14-8-6-13(18)7-9-14/h4-11,16H,3H2,1-2H3,(H2,19,20,23)/t16-/m1/s1. The van der Waals surface area contributed by atoms with E-state index in [9.17, 15) is 12.8 Å². The number of sulfone groups is 1. The van der Waals surface area contributed by atoms with Gasteiger partial charge in [-0.05, 0) is 60.6 Å². The number of anilines is 1. The van der Waals surface area contributed by atoms with Gasteiger partial charge in [0.1, 0.15) is 5.82 Å². The van der Waals surface area contributed by atoms with Gasteiger partial charge in [0.2, 0.25) is 0 Å². The molecule has 2 N–H and O–H groups in total. The number of halogens is 1. The molecule has 0 saturated carbocycles. The van der Waals surface area contributed by atoms with Crippen molar-refractivity contribution in [3.63, 3.8) is 0 Å². The van der Waals surface area contributed by atoms with E-state index in [1.807, 2.05) is 6.92 Å². The molecule has 7 heteroatoms. The fraction of sp³-hybridized carbons (Fsp3) is 0.235. The molecule has 0 aliphatic carbocycles. The maximum Gasteiger partial charge on any atom is 0.175 e. The Morgan fingerprint density at radius 2 is 1.71 bits per heavy atom. The number of rotatable bonds is 5. The van der Waals surface area contributed by atoms with E-state index in [2.05, 4.69) is 10.6 Å². The Morgan fingerprint density at radius 1 is 1.12 bits per heavy atom. The van der Waals surface area contributed by atoms with E-state index in [1.165, 1.54) is 18.4 Å². The Labute approximate surface area is 147 Å². The summed E-state index contributed by atoms with van der Waals surface area (Å²) in [6, 6.07) is 12.6. The van der Waals surface area contributed by atoms with Gasteiger partial charge in [0.25, 0.3) is 0 Å². The van der Waals surface area contributed by atoms with Gasteiger partial charge in [0, 0.05) is 11.9 Å². The van der Waals surface area contributed by atoms with E-state index in [0.29, 0.717) is 10.8 Å². The smallest absolute Gasteiger partial charge is 0.175 e. The van der Waals surface area contributed by atoms with Gasteiger partial charge >= 0.3 is 0 Å². The molecule has 0 radical (unpaired) electrons. The molecular weight excluding hydrogens is 347 g/mol. The second-order valence-corrected chi connectivity index (χ2v) is 7.83. The summed E-state index contributed by atoms with van der Waals surface area (Å²) in [5.41, 5.74) is 1.63. The van der Waals surface area contributed by atoms with Gasteiger partial charge in [0.05, 0.1) is 10.9 Å². The fourth-order valence-electron chi connectivity index (χ4n) is 2.23. The first-order chi connectivity index (χ1) is 11.3. The van der Waals surface area contributed by atoms with Gasteiger partial charge in [-0.1, -0.05) is 19.1 Å². The van der Waals surface area contributed by atoms with Crippen LogP contribution in [0.15, 0.2) is 53.4 Å². The molecule has 0 amide bonds. The molecule has 0 unspecified atom stereocenters. The highest BCUT2D eigenvalue weighted by Crippen LogP contribution is 2.19. The molecule has 0 aliphatic rings. The second kappa shape index (κ2) is 7.72. The fourth-order valence-corrected chi connectivity index (χ4v) is 3.12.